The van der Waals surface area contributed by atoms with Crippen molar-refractivity contribution in [1.82, 2.24) is 0 Å². The van der Waals surface area contributed by atoms with Gasteiger partial charge in [0.25, 0.3) is 0 Å². The summed E-state index contributed by atoms with van der Waals surface area (Å²) in [5.41, 5.74) is 0. The standard InChI is InChI=1S/C14H35O4PSi2/c1-8-9-10-11-12-13-14(20(2,3)4,21(5,6)7)18-19(15,16)17/h8-13H2,1-7H3,(H2,15,16,17). The molecule has 0 rings (SSSR count). The van der Waals surface area contributed by atoms with E-state index in [9.17, 15) is 14.4 Å². The highest BCUT2D eigenvalue weighted by Crippen LogP contribution is 2.50. The van der Waals surface area contributed by atoms with E-state index in [1.165, 1.54) is 19.3 Å². The lowest BCUT2D eigenvalue weighted by Gasteiger charge is -2.51. The molecule has 0 aromatic carbocycles. The van der Waals surface area contributed by atoms with Gasteiger partial charge in [0, 0.05) is 0 Å². The van der Waals surface area contributed by atoms with E-state index in [2.05, 4.69) is 46.2 Å². The van der Waals surface area contributed by atoms with Gasteiger partial charge in [-0.2, -0.15) is 0 Å². The molecule has 0 saturated carbocycles. The van der Waals surface area contributed by atoms with E-state index in [1.54, 1.807) is 0 Å². The zero-order valence-corrected chi connectivity index (χ0v) is 17.8. The topological polar surface area (TPSA) is 66.8 Å². The van der Waals surface area contributed by atoms with Crippen LogP contribution >= 0.6 is 7.82 Å². The van der Waals surface area contributed by atoms with Gasteiger partial charge >= 0.3 is 7.82 Å². The first-order chi connectivity index (χ1) is 9.27. The molecule has 7 heteroatoms. The first-order valence-electron chi connectivity index (χ1n) is 8.03. The largest absolute Gasteiger partial charge is 0.469 e. The molecule has 0 atom stereocenters. The first kappa shape index (κ1) is 21.5. The van der Waals surface area contributed by atoms with Gasteiger partial charge in [-0.25, -0.2) is 4.57 Å². The normalized spacial score (nSPS) is 14.5. The van der Waals surface area contributed by atoms with E-state index in [-0.39, 0.29) is 0 Å². The molecule has 0 aliphatic rings. The Balaban J connectivity index is 5.27. The van der Waals surface area contributed by atoms with Crippen molar-refractivity contribution >= 4 is 24.0 Å². The molecule has 0 spiro atoms. The van der Waals surface area contributed by atoms with Crippen LogP contribution in [-0.2, 0) is 9.09 Å². The third-order valence-corrected chi connectivity index (χ3v) is 15.3. The van der Waals surface area contributed by atoms with Crippen molar-refractivity contribution in [2.24, 2.45) is 0 Å². The van der Waals surface area contributed by atoms with Crippen LogP contribution in [0.5, 0.6) is 0 Å². The molecule has 0 bridgehead atoms. The third kappa shape index (κ3) is 6.67. The van der Waals surface area contributed by atoms with E-state index >= 15 is 0 Å². The summed E-state index contributed by atoms with van der Waals surface area (Å²) < 4.78 is 17.1. The van der Waals surface area contributed by atoms with Crippen molar-refractivity contribution in [2.75, 3.05) is 0 Å². The van der Waals surface area contributed by atoms with Crippen LogP contribution in [0.15, 0.2) is 0 Å². The fourth-order valence-electron chi connectivity index (χ4n) is 3.38. The summed E-state index contributed by atoms with van der Waals surface area (Å²) in [6.07, 6.45) is 6.52. The molecule has 4 nitrogen and oxygen atoms in total. The Bertz CT molecular complexity index is 341. The number of hydrogen-bond acceptors (Lipinski definition) is 2. The average molecular weight is 355 g/mol. The molecule has 2 N–H and O–H groups in total. The number of unbranched alkanes of at least 4 members (excludes halogenated alkanes) is 4. The Hall–Kier alpha value is 0.544. The lowest BCUT2D eigenvalue weighted by atomic mass is 10.1. The summed E-state index contributed by atoms with van der Waals surface area (Å²) in [5.74, 6) is 0. The second kappa shape index (κ2) is 7.89. The van der Waals surface area contributed by atoms with E-state index < -0.39 is 28.8 Å². The van der Waals surface area contributed by atoms with Crippen LogP contribution in [0.4, 0.5) is 0 Å². The van der Waals surface area contributed by atoms with Crippen molar-refractivity contribution in [1.29, 1.82) is 0 Å². The Morgan fingerprint density at radius 2 is 1.33 bits per heavy atom. The smallest absolute Gasteiger partial charge is 0.303 e. The van der Waals surface area contributed by atoms with Crippen molar-refractivity contribution in [2.45, 2.75) is 89.6 Å². The molecule has 0 aromatic rings. The highest BCUT2D eigenvalue weighted by Gasteiger charge is 2.56. The van der Waals surface area contributed by atoms with Crippen LogP contribution in [0, 0.1) is 0 Å². The van der Waals surface area contributed by atoms with E-state index in [0.717, 1.165) is 19.3 Å². The predicted octanol–water partition coefficient (Wildman–Crippen LogP) is 4.95. The van der Waals surface area contributed by atoms with Gasteiger partial charge in [-0.15, -0.1) is 0 Å². The lowest BCUT2D eigenvalue weighted by Crippen LogP contribution is -2.67. The summed E-state index contributed by atoms with van der Waals surface area (Å²) in [5, 5.41) is 0. The Morgan fingerprint density at radius 3 is 1.67 bits per heavy atom. The molecule has 0 aliphatic carbocycles. The summed E-state index contributed by atoms with van der Waals surface area (Å²) in [6.45, 7) is 15.2. The SMILES string of the molecule is CCCCCCCC(OP(=O)(O)O)([Si](C)(C)C)[Si](C)(C)C. The van der Waals surface area contributed by atoms with Gasteiger partial charge in [-0.1, -0.05) is 78.3 Å². The fraction of sp³-hybridized carbons (Fsp3) is 1.00. The highest BCUT2D eigenvalue weighted by molar-refractivity contribution is 7.46. The molecule has 0 amide bonds. The average Bonchev–Trinajstić information content (AvgIpc) is 2.22. The van der Waals surface area contributed by atoms with Crippen LogP contribution in [0.25, 0.3) is 0 Å². The molecule has 0 saturated heterocycles. The summed E-state index contributed by atoms with van der Waals surface area (Å²) in [6, 6.07) is 0. The van der Waals surface area contributed by atoms with Crippen molar-refractivity contribution in [3.8, 4) is 0 Å². The summed E-state index contributed by atoms with van der Waals surface area (Å²) in [7, 11) is -8.28. The summed E-state index contributed by atoms with van der Waals surface area (Å²) in [4.78, 5) is 18.3. The van der Waals surface area contributed by atoms with Crippen molar-refractivity contribution < 1.29 is 18.9 Å². The monoisotopic (exact) mass is 354 g/mol. The Kier molecular flexibility index (Phi) is 8.09. The van der Waals surface area contributed by atoms with E-state index in [1.807, 2.05) is 0 Å². The molecule has 0 aromatic heterocycles. The molecule has 0 unspecified atom stereocenters. The second-order valence-corrected chi connectivity index (χ2v) is 20.4. The Labute approximate surface area is 132 Å². The van der Waals surface area contributed by atoms with Crippen molar-refractivity contribution in [3.05, 3.63) is 0 Å². The molecule has 0 heterocycles. The molecule has 128 valence electrons. The van der Waals surface area contributed by atoms with Crippen LogP contribution in [-0.4, -0.2) is 30.8 Å². The number of hydrogen-bond donors (Lipinski definition) is 2. The lowest BCUT2D eigenvalue weighted by molar-refractivity contribution is 0.131. The minimum atomic E-state index is -4.47. The summed E-state index contributed by atoms with van der Waals surface area (Å²) >= 11 is 0. The molecule has 0 aliphatic heterocycles. The van der Waals surface area contributed by atoms with Gasteiger partial charge in [0.05, 0.1) is 21.0 Å². The quantitative estimate of drug-likeness (QED) is 0.331. The second-order valence-electron chi connectivity index (χ2n) is 8.07. The van der Waals surface area contributed by atoms with Crippen LogP contribution in [0.2, 0.25) is 39.3 Å². The molecular weight excluding hydrogens is 319 g/mol. The maximum atomic E-state index is 11.6. The van der Waals surface area contributed by atoms with Gasteiger partial charge in [0.2, 0.25) is 0 Å². The van der Waals surface area contributed by atoms with Gasteiger partial charge in [-0.05, 0) is 6.42 Å². The van der Waals surface area contributed by atoms with Gasteiger partial charge in [0.1, 0.15) is 0 Å². The van der Waals surface area contributed by atoms with E-state index in [0.29, 0.717) is 0 Å². The Morgan fingerprint density at radius 1 is 0.905 bits per heavy atom. The molecule has 21 heavy (non-hydrogen) atoms. The number of phosphoric ester groups is 1. The number of phosphoric acid groups is 1. The zero-order chi connectivity index (χ0) is 16.9. The third-order valence-electron chi connectivity index (χ3n) is 4.33. The minimum absolute atomic E-state index is 0.578. The number of rotatable bonds is 10. The maximum Gasteiger partial charge on any atom is 0.469 e. The first-order valence-corrected chi connectivity index (χ1v) is 16.6. The van der Waals surface area contributed by atoms with E-state index in [4.69, 9.17) is 4.52 Å². The van der Waals surface area contributed by atoms with Crippen LogP contribution in [0.3, 0.4) is 0 Å². The molecular formula is C14H35O4PSi2. The van der Waals surface area contributed by atoms with Crippen LogP contribution < -0.4 is 0 Å². The maximum absolute atomic E-state index is 11.6. The molecule has 0 radical (unpaired) electrons. The van der Waals surface area contributed by atoms with Gasteiger partial charge < -0.3 is 9.79 Å². The van der Waals surface area contributed by atoms with Crippen molar-refractivity contribution in [3.63, 3.8) is 0 Å². The fourth-order valence-corrected chi connectivity index (χ4v) is 17.6. The highest BCUT2D eigenvalue weighted by atomic mass is 31.2. The minimum Gasteiger partial charge on any atom is -0.303 e. The molecule has 0 fully saturated rings. The van der Waals surface area contributed by atoms with Gasteiger partial charge in [-0.3, -0.25) is 4.52 Å². The van der Waals surface area contributed by atoms with Gasteiger partial charge in [0.15, 0.2) is 0 Å². The van der Waals surface area contributed by atoms with Crippen LogP contribution in [0.1, 0.15) is 45.4 Å². The zero-order valence-electron chi connectivity index (χ0n) is 14.9. The predicted molar refractivity (Wildman–Crippen MR) is 95.9 cm³/mol.